The van der Waals surface area contributed by atoms with Gasteiger partial charge in [0.1, 0.15) is 13.1 Å². The maximum absolute atomic E-state index is 12.6. The van der Waals surface area contributed by atoms with Crippen LogP contribution in [0.25, 0.3) is 0 Å². The van der Waals surface area contributed by atoms with Crippen LogP contribution < -0.4 is 10.6 Å². The highest BCUT2D eigenvalue weighted by molar-refractivity contribution is 5.60. The maximum atomic E-state index is 12.6. The van der Waals surface area contributed by atoms with Gasteiger partial charge in [-0.1, -0.05) is 0 Å². The number of rotatable bonds is 3. The van der Waals surface area contributed by atoms with Crippen LogP contribution in [0.5, 0.6) is 0 Å². The number of nitriles is 2. The molecule has 0 saturated carbocycles. The predicted molar refractivity (Wildman–Crippen MR) is 59.3 cm³/mol. The lowest BCUT2D eigenvalue weighted by Gasteiger charge is -2.20. The van der Waals surface area contributed by atoms with Gasteiger partial charge < -0.3 is 10.6 Å². The van der Waals surface area contributed by atoms with Crippen LogP contribution in [0.1, 0.15) is 5.56 Å². The van der Waals surface area contributed by atoms with Gasteiger partial charge in [0, 0.05) is 11.4 Å². The van der Waals surface area contributed by atoms with Gasteiger partial charge in [-0.3, -0.25) is 0 Å². The highest BCUT2D eigenvalue weighted by Crippen LogP contribution is 2.35. The lowest BCUT2D eigenvalue weighted by Crippen LogP contribution is -2.24. The number of anilines is 2. The average Bonchev–Trinajstić information content (AvgIpc) is 2.28. The largest absolute Gasteiger partial charge is 0.418 e. The third kappa shape index (κ3) is 3.05. The molecular weight excluding hydrogens is 245 g/mol. The Kier molecular flexibility index (Phi) is 4.01. The lowest BCUT2D eigenvalue weighted by molar-refractivity contribution is -0.136. The molecule has 1 aromatic rings. The molecule has 0 unspecified atom stereocenters. The van der Waals surface area contributed by atoms with E-state index in [2.05, 4.69) is 0 Å². The van der Waals surface area contributed by atoms with Crippen LogP contribution in [0.2, 0.25) is 0 Å². The van der Waals surface area contributed by atoms with E-state index in [0.29, 0.717) is 0 Å². The van der Waals surface area contributed by atoms with Crippen molar-refractivity contribution in [1.82, 2.24) is 0 Å². The van der Waals surface area contributed by atoms with Crippen LogP contribution in [0.3, 0.4) is 0 Å². The first-order valence-corrected chi connectivity index (χ1v) is 4.85. The summed E-state index contributed by atoms with van der Waals surface area (Å²) < 4.78 is 37.9. The summed E-state index contributed by atoms with van der Waals surface area (Å²) in [5.74, 6) is 0. The predicted octanol–water partition coefficient (Wildman–Crippen LogP) is 2.14. The fourth-order valence-corrected chi connectivity index (χ4v) is 1.40. The van der Waals surface area contributed by atoms with Crippen molar-refractivity contribution in [2.24, 2.45) is 0 Å². The second-order valence-corrected chi connectivity index (χ2v) is 3.44. The Bertz CT molecular complexity index is 494. The molecule has 0 heterocycles. The first-order chi connectivity index (χ1) is 8.40. The molecule has 0 saturated heterocycles. The van der Waals surface area contributed by atoms with Crippen LogP contribution in [-0.2, 0) is 6.18 Å². The van der Waals surface area contributed by atoms with Crippen LogP contribution in [-0.4, -0.2) is 13.1 Å². The van der Waals surface area contributed by atoms with Gasteiger partial charge in [0.05, 0.1) is 17.7 Å². The first kappa shape index (κ1) is 13.7. The van der Waals surface area contributed by atoms with Crippen molar-refractivity contribution < 1.29 is 13.2 Å². The van der Waals surface area contributed by atoms with Crippen molar-refractivity contribution in [2.45, 2.75) is 6.18 Å². The molecule has 94 valence electrons. The molecule has 0 fully saturated rings. The standard InChI is InChI=1S/C11H9F3N4/c12-11(13,14)9-7-8(1-2-10(9)17)18(5-3-15)6-4-16/h1-2,7H,5-6,17H2. The van der Waals surface area contributed by atoms with E-state index in [-0.39, 0.29) is 24.5 Å². The number of hydrogen-bond acceptors (Lipinski definition) is 4. The van der Waals surface area contributed by atoms with E-state index in [1.54, 1.807) is 12.1 Å². The number of nitrogens with two attached hydrogens (primary N) is 1. The van der Waals surface area contributed by atoms with Crippen molar-refractivity contribution >= 4 is 11.4 Å². The maximum Gasteiger partial charge on any atom is 0.418 e. The summed E-state index contributed by atoms with van der Waals surface area (Å²) in [6, 6.07) is 6.87. The lowest BCUT2D eigenvalue weighted by atomic mass is 10.1. The molecule has 4 nitrogen and oxygen atoms in total. The zero-order chi connectivity index (χ0) is 13.8. The number of nitrogen functional groups attached to an aromatic ring is 1. The summed E-state index contributed by atoms with van der Waals surface area (Å²) in [4.78, 5) is 1.23. The average molecular weight is 254 g/mol. The third-order valence-corrected chi connectivity index (χ3v) is 2.23. The fraction of sp³-hybridized carbons (Fsp3) is 0.273. The second kappa shape index (κ2) is 5.28. The van der Waals surface area contributed by atoms with E-state index in [4.69, 9.17) is 16.3 Å². The number of halogens is 3. The minimum atomic E-state index is -4.56. The summed E-state index contributed by atoms with van der Waals surface area (Å²) in [5, 5.41) is 17.1. The van der Waals surface area contributed by atoms with Gasteiger partial charge in [0.2, 0.25) is 0 Å². The number of benzene rings is 1. The van der Waals surface area contributed by atoms with E-state index < -0.39 is 11.7 Å². The molecule has 0 aliphatic heterocycles. The molecule has 0 bridgehead atoms. The van der Waals surface area contributed by atoms with Crippen molar-refractivity contribution in [3.63, 3.8) is 0 Å². The minimum absolute atomic E-state index is 0.139. The number of alkyl halides is 3. The molecule has 0 aromatic heterocycles. The third-order valence-electron chi connectivity index (χ3n) is 2.23. The van der Waals surface area contributed by atoms with E-state index in [1.807, 2.05) is 0 Å². The van der Waals surface area contributed by atoms with Crippen molar-refractivity contribution in [1.29, 1.82) is 10.5 Å². The minimum Gasteiger partial charge on any atom is -0.398 e. The molecule has 0 aliphatic carbocycles. The Morgan fingerprint density at radius 2 is 1.72 bits per heavy atom. The van der Waals surface area contributed by atoms with Gasteiger partial charge in [0.25, 0.3) is 0 Å². The Balaban J connectivity index is 3.19. The Morgan fingerprint density at radius 1 is 1.17 bits per heavy atom. The van der Waals surface area contributed by atoms with E-state index in [1.165, 1.54) is 11.0 Å². The molecule has 18 heavy (non-hydrogen) atoms. The zero-order valence-electron chi connectivity index (χ0n) is 9.20. The molecule has 2 N–H and O–H groups in total. The molecule has 0 atom stereocenters. The van der Waals surface area contributed by atoms with Gasteiger partial charge in [-0.25, -0.2) is 0 Å². The zero-order valence-corrected chi connectivity index (χ0v) is 9.20. The smallest absolute Gasteiger partial charge is 0.398 e. The molecule has 1 aromatic carbocycles. The quantitative estimate of drug-likeness (QED) is 0.662. The molecular formula is C11H9F3N4. The van der Waals surface area contributed by atoms with E-state index in [0.717, 1.165) is 12.1 Å². The van der Waals surface area contributed by atoms with Crippen LogP contribution in [0.4, 0.5) is 24.5 Å². The SMILES string of the molecule is N#CCN(CC#N)c1ccc(N)c(C(F)(F)F)c1. The van der Waals surface area contributed by atoms with Crippen molar-refractivity contribution in [3.05, 3.63) is 23.8 Å². The van der Waals surface area contributed by atoms with Gasteiger partial charge in [-0.15, -0.1) is 0 Å². The van der Waals surface area contributed by atoms with E-state index in [9.17, 15) is 13.2 Å². The normalized spacial score (nSPS) is 10.5. The van der Waals surface area contributed by atoms with Crippen molar-refractivity contribution in [3.8, 4) is 12.1 Å². The summed E-state index contributed by atoms with van der Waals surface area (Å²) >= 11 is 0. The highest BCUT2D eigenvalue weighted by Gasteiger charge is 2.33. The topological polar surface area (TPSA) is 76.8 Å². The summed E-state index contributed by atoms with van der Waals surface area (Å²) in [6.45, 7) is -0.344. The molecule has 1 rings (SSSR count). The molecule has 0 amide bonds. The monoisotopic (exact) mass is 254 g/mol. The fourth-order valence-electron chi connectivity index (χ4n) is 1.40. The molecule has 0 spiro atoms. The van der Waals surface area contributed by atoms with Crippen LogP contribution in [0, 0.1) is 22.7 Å². The highest BCUT2D eigenvalue weighted by atomic mass is 19.4. The van der Waals surface area contributed by atoms with E-state index >= 15 is 0 Å². The Morgan fingerprint density at radius 3 is 2.17 bits per heavy atom. The van der Waals surface area contributed by atoms with Crippen molar-refractivity contribution in [2.75, 3.05) is 23.7 Å². The second-order valence-electron chi connectivity index (χ2n) is 3.44. The van der Waals surface area contributed by atoms with Crippen LogP contribution in [0.15, 0.2) is 18.2 Å². The molecule has 0 radical (unpaired) electrons. The molecule has 0 aliphatic rings. The number of hydrogen-bond donors (Lipinski definition) is 1. The first-order valence-electron chi connectivity index (χ1n) is 4.85. The summed E-state index contributed by atoms with van der Waals surface area (Å²) in [7, 11) is 0. The molecule has 7 heteroatoms. The number of nitrogens with zero attached hydrogens (tertiary/aromatic N) is 3. The summed E-state index contributed by atoms with van der Waals surface area (Å²) in [5.41, 5.74) is 4.03. The summed E-state index contributed by atoms with van der Waals surface area (Å²) in [6.07, 6.45) is -4.56. The van der Waals surface area contributed by atoms with Gasteiger partial charge in [-0.2, -0.15) is 23.7 Å². The van der Waals surface area contributed by atoms with Crippen LogP contribution >= 0.6 is 0 Å². The van der Waals surface area contributed by atoms with Gasteiger partial charge >= 0.3 is 6.18 Å². The Labute approximate surface area is 102 Å². The Hall–Kier alpha value is -2.41. The van der Waals surface area contributed by atoms with Gasteiger partial charge in [0.15, 0.2) is 0 Å². The van der Waals surface area contributed by atoms with Gasteiger partial charge in [-0.05, 0) is 18.2 Å².